The van der Waals surface area contributed by atoms with Crippen LogP contribution in [0.2, 0.25) is 0 Å². The molecule has 6 heteroatoms. The van der Waals surface area contributed by atoms with E-state index in [-0.39, 0.29) is 12.1 Å². The molecule has 0 spiro atoms. The van der Waals surface area contributed by atoms with Crippen molar-refractivity contribution < 1.29 is 13.2 Å². The second-order valence-corrected chi connectivity index (χ2v) is 8.48. The van der Waals surface area contributed by atoms with Crippen molar-refractivity contribution in [3.8, 4) is 0 Å². The predicted octanol–water partition coefficient (Wildman–Crippen LogP) is 1.08. The fourth-order valence-electron chi connectivity index (χ4n) is 3.87. The number of morpholine rings is 1. The molecule has 2 saturated heterocycles. The third-order valence-electron chi connectivity index (χ3n) is 4.94. The van der Waals surface area contributed by atoms with Crippen LogP contribution in [-0.2, 0) is 14.8 Å². The zero-order valence-electron chi connectivity index (χ0n) is 12.8. The van der Waals surface area contributed by atoms with E-state index in [1.165, 1.54) is 19.1 Å². The molecule has 5 nitrogen and oxygen atoms in total. The molecular weight excluding hydrogens is 288 g/mol. The Morgan fingerprint density at radius 1 is 1.24 bits per heavy atom. The molecule has 0 unspecified atom stereocenters. The number of fused-ring (bicyclic) bond motifs is 1. The van der Waals surface area contributed by atoms with Crippen LogP contribution in [-0.4, -0.2) is 68.8 Å². The lowest BCUT2D eigenvalue weighted by molar-refractivity contribution is -0.0773. The van der Waals surface area contributed by atoms with E-state index < -0.39 is 10.0 Å². The average Bonchev–Trinajstić information content (AvgIpc) is 2.46. The summed E-state index contributed by atoms with van der Waals surface area (Å²) in [6, 6.07) is 0.00151. The molecule has 1 aliphatic carbocycles. The molecule has 2 fully saturated rings. The summed E-state index contributed by atoms with van der Waals surface area (Å²) >= 11 is 0. The first kappa shape index (κ1) is 15.5. The molecule has 0 bridgehead atoms. The quantitative estimate of drug-likeness (QED) is 0.732. The molecule has 2 aliphatic heterocycles. The van der Waals surface area contributed by atoms with Crippen molar-refractivity contribution in [2.45, 2.75) is 37.8 Å². The van der Waals surface area contributed by atoms with Gasteiger partial charge in [0.05, 0.1) is 25.0 Å². The highest BCUT2D eigenvalue weighted by Gasteiger charge is 2.41. The number of hydrogen-bond acceptors (Lipinski definition) is 4. The number of sulfonamides is 1. The van der Waals surface area contributed by atoms with Crippen LogP contribution in [0.1, 0.15) is 25.7 Å². The maximum absolute atomic E-state index is 12.0. The SMILES string of the molecule is CS(=O)(=O)N1CCO[C@H]2CCN(C[C@@H]3CC=CCC3)C[C@@H]21. The number of allylic oxidation sites excluding steroid dienone is 2. The molecule has 0 N–H and O–H groups in total. The summed E-state index contributed by atoms with van der Waals surface area (Å²) < 4.78 is 31.4. The van der Waals surface area contributed by atoms with Crippen molar-refractivity contribution >= 4 is 10.0 Å². The van der Waals surface area contributed by atoms with Crippen LogP contribution in [0.5, 0.6) is 0 Å². The minimum atomic E-state index is -3.14. The first-order chi connectivity index (χ1) is 10.0. The fourth-order valence-corrected chi connectivity index (χ4v) is 4.97. The summed E-state index contributed by atoms with van der Waals surface area (Å²) in [6.45, 7) is 3.96. The normalized spacial score (nSPS) is 35.6. The van der Waals surface area contributed by atoms with Gasteiger partial charge in [-0.25, -0.2) is 8.42 Å². The van der Waals surface area contributed by atoms with E-state index in [2.05, 4.69) is 17.1 Å². The van der Waals surface area contributed by atoms with Gasteiger partial charge in [-0.05, 0) is 31.6 Å². The predicted molar refractivity (Wildman–Crippen MR) is 82.6 cm³/mol. The van der Waals surface area contributed by atoms with Gasteiger partial charge in [-0.3, -0.25) is 0 Å². The summed E-state index contributed by atoms with van der Waals surface area (Å²) in [6.07, 6.45) is 10.5. The minimum Gasteiger partial charge on any atom is -0.375 e. The number of hydrogen-bond donors (Lipinski definition) is 0. The Hall–Kier alpha value is -0.430. The van der Waals surface area contributed by atoms with Crippen molar-refractivity contribution in [1.29, 1.82) is 0 Å². The van der Waals surface area contributed by atoms with Gasteiger partial charge in [0.2, 0.25) is 10.0 Å². The Labute approximate surface area is 128 Å². The second-order valence-electron chi connectivity index (χ2n) is 6.55. The van der Waals surface area contributed by atoms with E-state index in [9.17, 15) is 8.42 Å². The standard InChI is InChI=1S/C15H26N2O3S/c1-21(18,19)17-9-10-20-15-7-8-16(12-14(15)17)11-13-5-3-2-4-6-13/h2-3,13-15H,4-12H2,1H3/t13-,14+,15+/m1/s1. The van der Waals surface area contributed by atoms with E-state index >= 15 is 0 Å². The molecule has 3 rings (SSSR count). The minimum absolute atomic E-state index is 0.00151. The van der Waals surface area contributed by atoms with E-state index in [4.69, 9.17) is 4.74 Å². The molecule has 0 aromatic carbocycles. The van der Waals surface area contributed by atoms with Gasteiger partial charge in [-0.1, -0.05) is 12.2 Å². The van der Waals surface area contributed by atoms with Gasteiger partial charge in [0, 0.05) is 26.2 Å². The first-order valence-electron chi connectivity index (χ1n) is 8.00. The van der Waals surface area contributed by atoms with Crippen molar-refractivity contribution in [1.82, 2.24) is 9.21 Å². The maximum Gasteiger partial charge on any atom is 0.211 e. The lowest BCUT2D eigenvalue weighted by Gasteiger charge is -2.46. The van der Waals surface area contributed by atoms with Gasteiger partial charge >= 0.3 is 0 Å². The highest BCUT2D eigenvalue weighted by atomic mass is 32.2. The second kappa shape index (κ2) is 6.36. The van der Waals surface area contributed by atoms with E-state index in [1.54, 1.807) is 4.31 Å². The Kier molecular flexibility index (Phi) is 4.69. The molecule has 0 saturated carbocycles. The topological polar surface area (TPSA) is 49.9 Å². The Bertz CT molecular complexity index is 491. The molecule has 2 heterocycles. The van der Waals surface area contributed by atoms with Crippen LogP contribution in [0.15, 0.2) is 12.2 Å². The zero-order chi connectivity index (χ0) is 14.9. The zero-order valence-corrected chi connectivity index (χ0v) is 13.6. The van der Waals surface area contributed by atoms with E-state index in [1.807, 2.05) is 0 Å². The third kappa shape index (κ3) is 3.67. The first-order valence-corrected chi connectivity index (χ1v) is 9.84. The van der Waals surface area contributed by atoms with E-state index in [0.29, 0.717) is 13.2 Å². The smallest absolute Gasteiger partial charge is 0.211 e. The summed E-state index contributed by atoms with van der Waals surface area (Å²) in [4.78, 5) is 2.44. The fraction of sp³-hybridized carbons (Fsp3) is 0.867. The van der Waals surface area contributed by atoms with Crippen LogP contribution in [0.25, 0.3) is 0 Å². The summed E-state index contributed by atoms with van der Waals surface area (Å²) in [5.74, 6) is 0.725. The molecule has 120 valence electrons. The number of likely N-dealkylation sites (tertiary alicyclic amines) is 1. The van der Waals surface area contributed by atoms with Gasteiger partial charge < -0.3 is 9.64 Å². The van der Waals surface area contributed by atoms with Crippen molar-refractivity contribution in [2.75, 3.05) is 39.0 Å². The van der Waals surface area contributed by atoms with Gasteiger partial charge in [-0.15, -0.1) is 0 Å². The van der Waals surface area contributed by atoms with Crippen LogP contribution in [0.3, 0.4) is 0 Å². The van der Waals surface area contributed by atoms with Crippen molar-refractivity contribution in [3.63, 3.8) is 0 Å². The van der Waals surface area contributed by atoms with Crippen LogP contribution < -0.4 is 0 Å². The Morgan fingerprint density at radius 3 is 2.81 bits per heavy atom. The Balaban J connectivity index is 1.64. The molecule has 3 atom stereocenters. The summed E-state index contributed by atoms with van der Waals surface area (Å²) in [5.41, 5.74) is 0. The van der Waals surface area contributed by atoms with Gasteiger partial charge in [0.15, 0.2) is 0 Å². The average molecular weight is 314 g/mol. The number of ether oxygens (including phenoxy) is 1. The Morgan fingerprint density at radius 2 is 2.10 bits per heavy atom. The number of rotatable bonds is 3. The molecular formula is C15H26N2O3S. The molecule has 0 amide bonds. The maximum atomic E-state index is 12.0. The van der Waals surface area contributed by atoms with E-state index in [0.717, 1.165) is 38.4 Å². The molecule has 0 aromatic rings. The highest BCUT2D eigenvalue weighted by molar-refractivity contribution is 7.88. The van der Waals surface area contributed by atoms with Gasteiger partial charge in [0.25, 0.3) is 0 Å². The van der Waals surface area contributed by atoms with Crippen molar-refractivity contribution in [2.24, 2.45) is 5.92 Å². The largest absolute Gasteiger partial charge is 0.375 e. The van der Waals surface area contributed by atoms with Crippen molar-refractivity contribution in [3.05, 3.63) is 12.2 Å². The van der Waals surface area contributed by atoms with Crippen LogP contribution in [0, 0.1) is 5.92 Å². The lowest BCUT2D eigenvalue weighted by atomic mass is 9.92. The summed E-state index contributed by atoms with van der Waals surface area (Å²) in [7, 11) is -3.14. The number of piperidine rings is 1. The monoisotopic (exact) mass is 314 g/mol. The third-order valence-corrected chi connectivity index (χ3v) is 6.24. The number of nitrogens with zero attached hydrogens (tertiary/aromatic N) is 2. The van der Waals surface area contributed by atoms with Crippen LogP contribution >= 0.6 is 0 Å². The summed E-state index contributed by atoms with van der Waals surface area (Å²) in [5, 5.41) is 0. The van der Waals surface area contributed by atoms with Crippen LogP contribution in [0.4, 0.5) is 0 Å². The molecule has 21 heavy (non-hydrogen) atoms. The molecule has 3 aliphatic rings. The lowest BCUT2D eigenvalue weighted by Crippen LogP contribution is -2.61. The molecule has 0 aromatic heterocycles. The van der Waals surface area contributed by atoms with Gasteiger partial charge in [0.1, 0.15) is 0 Å². The molecule has 0 radical (unpaired) electrons. The van der Waals surface area contributed by atoms with Gasteiger partial charge in [-0.2, -0.15) is 4.31 Å². The highest BCUT2D eigenvalue weighted by Crippen LogP contribution is 2.27.